The second kappa shape index (κ2) is 5.97. The van der Waals surface area contributed by atoms with Crippen molar-refractivity contribution in [1.82, 2.24) is 5.32 Å². The van der Waals surface area contributed by atoms with Crippen LogP contribution in [-0.2, 0) is 6.18 Å². The van der Waals surface area contributed by atoms with Crippen LogP contribution in [0.3, 0.4) is 0 Å². The van der Waals surface area contributed by atoms with E-state index >= 15 is 0 Å². The number of thiophene rings is 1. The minimum absolute atomic E-state index is 0.0197. The van der Waals surface area contributed by atoms with E-state index < -0.39 is 11.7 Å². The summed E-state index contributed by atoms with van der Waals surface area (Å²) in [7, 11) is 0. The molecule has 0 radical (unpaired) electrons. The molecule has 0 spiro atoms. The average molecular weight is 299 g/mol. The van der Waals surface area contributed by atoms with Gasteiger partial charge in [0.15, 0.2) is 0 Å². The van der Waals surface area contributed by atoms with Crippen LogP contribution in [0.1, 0.15) is 41.9 Å². The molecule has 0 bridgehead atoms. The predicted molar refractivity (Wildman–Crippen MR) is 75.7 cm³/mol. The normalized spacial score (nSPS) is 15.1. The minimum Gasteiger partial charge on any atom is -0.303 e. The van der Waals surface area contributed by atoms with Crippen molar-refractivity contribution >= 4 is 11.3 Å². The molecule has 2 rings (SSSR count). The van der Waals surface area contributed by atoms with Gasteiger partial charge in [-0.25, -0.2) is 0 Å². The van der Waals surface area contributed by atoms with Gasteiger partial charge in [-0.2, -0.15) is 13.2 Å². The van der Waals surface area contributed by atoms with Crippen LogP contribution in [0.25, 0.3) is 0 Å². The maximum absolute atomic E-state index is 13.0. The second-order valence-corrected chi connectivity index (χ2v) is 5.69. The molecule has 0 saturated heterocycles. The third kappa shape index (κ3) is 3.41. The Labute approximate surface area is 120 Å². The lowest BCUT2D eigenvalue weighted by Gasteiger charge is -2.22. The zero-order chi connectivity index (χ0) is 14.8. The summed E-state index contributed by atoms with van der Waals surface area (Å²) in [6, 6.07) is 9.28. The molecule has 2 aromatic rings. The SMILES string of the molecule is CC(N[C@@H](C)c1cccs1)c1ccccc1C(F)(F)F. The van der Waals surface area contributed by atoms with Crippen LogP contribution in [0.2, 0.25) is 0 Å². The minimum atomic E-state index is -4.32. The molecule has 0 aliphatic rings. The Kier molecular flexibility index (Phi) is 4.50. The van der Waals surface area contributed by atoms with E-state index in [0.29, 0.717) is 0 Å². The van der Waals surface area contributed by atoms with Crippen molar-refractivity contribution in [3.63, 3.8) is 0 Å². The molecule has 20 heavy (non-hydrogen) atoms. The Hall–Kier alpha value is -1.33. The molecule has 2 atom stereocenters. The number of rotatable bonds is 4. The monoisotopic (exact) mass is 299 g/mol. The Morgan fingerprint density at radius 2 is 1.70 bits per heavy atom. The van der Waals surface area contributed by atoms with Gasteiger partial charge in [0.1, 0.15) is 0 Å². The van der Waals surface area contributed by atoms with Gasteiger partial charge in [-0.15, -0.1) is 11.3 Å². The molecule has 5 heteroatoms. The van der Waals surface area contributed by atoms with Crippen molar-refractivity contribution in [1.29, 1.82) is 0 Å². The molecule has 1 N–H and O–H groups in total. The van der Waals surface area contributed by atoms with E-state index in [1.807, 2.05) is 24.4 Å². The maximum atomic E-state index is 13.0. The van der Waals surface area contributed by atoms with Gasteiger partial charge in [0.2, 0.25) is 0 Å². The number of alkyl halides is 3. The first-order chi connectivity index (χ1) is 9.39. The molecule has 108 valence electrons. The number of nitrogens with one attached hydrogen (secondary N) is 1. The summed E-state index contributed by atoms with van der Waals surface area (Å²) in [4.78, 5) is 1.11. The summed E-state index contributed by atoms with van der Waals surface area (Å²) >= 11 is 1.59. The number of halogens is 3. The largest absolute Gasteiger partial charge is 0.416 e. The topological polar surface area (TPSA) is 12.0 Å². The van der Waals surface area contributed by atoms with Gasteiger partial charge in [0, 0.05) is 17.0 Å². The van der Waals surface area contributed by atoms with Gasteiger partial charge < -0.3 is 5.32 Å². The molecule has 0 fully saturated rings. The van der Waals surface area contributed by atoms with E-state index in [4.69, 9.17) is 0 Å². The van der Waals surface area contributed by atoms with Crippen LogP contribution in [0.4, 0.5) is 13.2 Å². The molecule has 0 aliphatic heterocycles. The first-order valence-corrected chi connectivity index (χ1v) is 7.23. The van der Waals surface area contributed by atoms with E-state index in [9.17, 15) is 13.2 Å². The number of hydrogen-bond donors (Lipinski definition) is 1. The van der Waals surface area contributed by atoms with Crippen molar-refractivity contribution in [3.8, 4) is 0 Å². The average Bonchev–Trinajstić information content (AvgIpc) is 2.91. The molecular formula is C15H16F3NS. The maximum Gasteiger partial charge on any atom is 0.416 e. The summed E-state index contributed by atoms with van der Waals surface area (Å²) in [6.45, 7) is 3.72. The van der Waals surface area contributed by atoms with Crippen molar-refractivity contribution in [2.45, 2.75) is 32.1 Å². The highest BCUT2D eigenvalue weighted by molar-refractivity contribution is 7.10. The van der Waals surface area contributed by atoms with Crippen molar-refractivity contribution < 1.29 is 13.2 Å². The van der Waals surface area contributed by atoms with Gasteiger partial charge in [0.25, 0.3) is 0 Å². The lowest BCUT2D eigenvalue weighted by molar-refractivity contribution is -0.138. The van der Waals surface area contributed by atoms with Gasteiger partial charge in [-0.3, -0.25) is 0 Å². The van der Waals surface area contributed by atoms with Crippen LogP contribution in [0, 0.1) is 0 Å². The van der Waals surface area contributed by atoms with Crippen molar-refractivity contribution in [2.75, 3.05) is 0 Å². The highest BCUT2D eigenvalue weighted by Gasteiger charge is 2.34. The Morgan fingerprint density at radius 3 is 2.30 bits per heavy atom. The molecular weight excluding hydrogens is 283 g/mol. The summed E-state index contributed by atoms with van der Waals surface area (Å²) in [5, 5.41) is 5.18. The highest BCUT2D eigenvalue weighted by atomic mass is 32.1. The van der Waals surface area contributed by atoms with Crippen LogP contribution in [0.5, 0.6) is 0 Å². The van der Waals surface area contributed by atoms with Gasteiger partial charge in [-0.05, 0) is 36.9 Å². The number of hydrogen-bond acceptors (Lipinski definition) is 2. The zero-order valence-electron chi connectivity index (χ0n) is 11.2. The molecule has 0 saturated carbocycles. The third-order valence-electron chi connectivity index (χ3n) is 3.20. The molecule has 1 heterocycles. The van der Waals surface area contributed by atoms with E-state index in [1.54, 1.807) is 24.3 Å². The third-order valence-corrected chi connectivity index (χ3v) is 4.26. The van der Waals surface area contributed by atoms with Gasteiger partial charge in [0.05, 0.1) is 5.56 Å². The van der Waals surface area contributed by atoms with Gasteiger partial charge >= 0.3 is 6.18 Å². The standard InChI is InChI=1S/C15H16F3NS/c1-10(19-11(2)14-8-5-9-20-14)12-6-3-4-7-13(12)15(16,17)18/h3-11,19H,1-2H3/t10?,11-/m0/s1. The van der Waals surface area contributed by atoms with Crippen LogP contribution in [0.15, 0.2) is 41.8 Å². The lowest BCUT2D eigenvalue weighted by atomic mass is 10.0. The zero-order valence-corrected chi connectivity index (χ0v) is 12.1. The van der Waals surface area contributed by atoms with E-state index in [1.165, 1.54) is 12.1 Å². The molecule has 1 nitrogen and oxygen atoms in total. The molecule has 0 aliphatic carbocycles. The van der Waals surface area contributed by atoms with Crippen LogP contribution in [-0.4, -0.2) is 0 Å². The fraction of sp³-hybridized carbons (Fsp3) is 0.333. The first kappa shape index (κ1) is 15.1. The van der Waals surface area contributed by atoms with Crippen molar-refractivity contribution in [2.24, 2.45) is 0 Å². The molecule has 1 aromatic heterocycles. The van der Waals surface area contributed by atoms with Gasteiger partial charge in [-0.1, -0.05) is 24.3 Å². The Balaban J connectivity index is 2.19. The first-order valence-electron chi connectivity index (χ1n) is 6.35. The summed E-state index contributed by atoms with van der Waals surface area (Å²) in [5.41, 5.74) is -0.290. The van der Waals surface area contributed by atoms with E-state index in [-0.39, 0.29) is 17.6 Å². The highest BCUT2D eigenvalue weighted by Crippen LogP contribution is 2.35. The summed E-state index contributed by atoms with van der Waals surface area (Å²) in [6.07, 6.45) is -4.32. The molecule has 1 unspecified atom stereocenters. The molecule has 0 amide bonds. The summed E-state index contributed by atoms with van der Waals surface area (Å²) in [5.74, 6) is 0. The van der Waals surface area contributed by atoms with E-state index in [2.05, 4.69) is 5.32 Å². The fourth-order valence-corrected chi connectivity index (χ4v) is 2.96. The predicted octanol–water partition coefficient (Wildman–Crippen LogP) is 5.18. The number of benzene rings is 1. The second-order valence-electron chi connectivity index (χ2n) is 4.71. The Bertz CT molecular complexity index is 548. The van der Waals surface area contributed by atoms with Crippen LogP contribution >= 0.6 is 11.3 Å². The Morgan fingerprint density at radius 1 is 1.00 bits per heavy atom. The van der Waals surface area contributed by atoms with E-state index in [0.717, 1.165) is 10.9 Å². The smallest absolute Gasteiger partial charge is 0.303 e. The summed E-state index contributed by atoms with van der Waals surface area (Å²) < 4.78 is 39.0. The molecule has 1 aromatic carbocycles. The quantitative estimate of drug-likeness (QED) is 0.820. The van der Waals surface area contributed by atoms with Crippen molar-refractivity contribution in [3.05, 3.63) is 57.8 Å². The fourth-order valence-electron chi connectivity index (χ4n) is 2.22. The lowest BCUT2D eigenvalue weighted by Crippen LogP contribution is -2.24. The van der Waals surface area contributed by atoms with Crippen LogP contribution < -0.4 is 5.32 Å².